The van der Waals surface area contributed by atoms with Gasteiger partial charge in [-0.05, 0) is 32.0 Å². The molecule has 1 aromatic rings. The van der Waals surface area contributed by atoms with Crippen LogP contribution in [0.5, 0.6) is 0 Å². The van der Waals surface area contributed by atoms with Crippen LogP contribution in [0.25, 0.3) is 0 Å². The van der Waals surface area contributed by atoms with Gasteiger partial charge < -0.3 is 20.1 Å². The Morgan fingerprint density at radius 1 is 1.58 bits per heavy atom. The third-order valence-corrected chi connectivity index (χ3v) is 3.12. The van der Waals surface area contributed by atoms with Crippen molar-refractivity contribution >= 4 is 17.3 Å². The molecule has 1 unspecified atom stereocenters. The van der Waals surface area contributed by atoms with Crippen molar-refractivity contribution in [2.45, 2.75) is 20.0 Å². The molecule has 1 aliphatic heterocycles. The minimum atomic E-state index is -0.315. The first kappa shape index (κ1) is 13.7. The second kappa shape index (κ2) is 5.93. The fourth-order valence-electron chi connectivity index (χ4n) is 2.20. The van der Waals surface area contributed by atoms with Crippen molar-refractivity contribution in [3.05, 3.63) is 23.8 Å². The summed E-state index contributed by atoms with van der Waals surface area (Å²) in [6.45, 7) is 6.41. The number of nitrogen functional groups attached to an aromatic ring is 1. The average molecular weight is 264 g/mol. The zero-order chi connectivity index (χ0) is 13.8. The van der Waals surface area contributed by atoms with E-state index in [0.29, 0.717) is 24.5 Å². The van der Waals surface area contributed by atoms with Gasteiger partial charge in [-0.3, -0.25) is 0 Å². The first-order valence-electron chi connectivity index (χ1n) is 6.55. The summed E-state index contributed by atoms with van der Waals surface area (Å²) in [5.41, 5.74) is 8.08. The van der Waals surface area contributed by atoms with Crippen LogP contribution in [0.2, 0.25) is 0 Å². The molecule has 19 heavy (non-hydrogen) atoms. The Balaban J connectivity index is 2.23. The maximum absolute atomic E-state index is 11.7. The molecule has 1 aliphatic rings. The highest BCUT2D eigenvalue weighted by Crippen LogP contribution is 2.26. The number of rotatable bonds is 3. The number of benzene rings is 1. The van der Waals surface area contributed by atoms with E-state index in [1.807, 2.05) is 6.92 Å². The number of anilines is 2. The molecule has 0 spiro atoms. The molecule has 0 amide bonds. The summed E-state index contributed by atoms with van der Waals surface area (Å²) in [5.74, 6) is -0.315. The Hall–Kier alpha value is -1.75. The van der Waals surface area contributed by atoms with Crippen LogP contribution in [0.4, 0.5) is 11.4 Å². The molecule has 2 rings (SSSR count). The highest BCUT2D eigenvalue weighted by atomic mass is 16.5. The molecule has 0 aromatic heterocycles. The minimum absolute atomic E-state index is 0.166. The average Bonchev–Trinajstić information content (AvgIpc) is 2.39. The number of carbonyl (C=O) groups is 1. The lowest BCUT2D eigenvalue weighted by Gasteiger charge is -2.33. The zero-order valence-corrected chi connectivity index (χ0v) is 11.4. The maximum Gasteiger partial charge on any atom is 0.338 e. The number of nitrogens with zero attached hydrogens (tertiary/aromatic N) is 1. The standard InChI is InChI=1S/C14H20N2O3/c1-3-18-14(17)11-4-5-12(15)13(8-11)16-6-7-19-10(2)9-16/h4-5,8,10H,3,6-7,9,15H2,1-2H3. The first-order valence-corrected chi connectivity index (χ1v) is 6.55. The summed E-state index contributed by atoms with van der Waals surface area (Å²) in [7, 11) is 0. The number of esters is 1. The summed E-state index contributed by atoms with van der Waals surface area (Å²) in [6.07, 6.45) is 0.166. The molecular weight excluding hydrogens is 244 g/mol. The van der Waals surface area contributed by atoms with E-state index < -0.39 is 0 Å². The highest BCUT2D eigenvalue weighted by molar-refractivity contribution is 5.92. The predicted octanol–water partition coefficient (Wildman–Crippen LogP) is 1.67. The predicted molar refractivity (Wildman–Crippen MR) is 74.4 cm³/mol. The Kier molecular flexibility index (Phi) is 4.27. The van der Waals surface area contributed by atoms with Crippen molar-refractivity contribution in [2.24, 2.45) is 0 Å². The van der Waals surface area contributed by atoms with Gasteiger partial charge >= 0.3 is 5.97 Å². The van der Waals surface area contributed by atoms with Crippen molar-refractivity contribution in [1.29, 1.82) is 0 Å². The monoisotopic (exact) mass is 264 g/mol. The molecule has 1 atom stereocenters. The van der Waals surface area contributed by atoms with Crippen LogP contribution in [0.15, 0.2) is 18.2 Å². The smallest absolute Gasteiger partial charge is 0.338 e. The molecule has 1 fully saturated rings. The molecule has 0 radical (unpaired) electrons. The summed E-state index contributed by atoms with van der Waals surface area (Å²) in [6, 6.07) is 5.24. The normalized spacial score (nSPS) is 19.3. The van der Waals surface area contributed by atoms with Gasteiger partial charge in [-0.15, -0.1) is 0 Å². The van der Waals surface area contributed by atoms with Crippen molar-refractivity contribution in [3.8, 4) is 0 Å². The molecule has 0 bridgehead atoms. The highest BCUT2D eigenvalue weighted by Gasteiger charge is 2.20. The Morgan fingerprint density at radius 2 is 2.37 bits per heavy atom. The van der Waals surface area contributed by atoms with E-state index in [-0.39, 0.29) is 12.1 Å². The van der Waals surface area contributed by atoms with Crippen LogP contribution in [0, 0.1) is 0 Å². The summed E-state index contributed by atoms with van der Waals surface area (Å²) >= 11 is 0. The lowest BCUT2D eigenvalue weighted by Crippen LogP contribution is -2.41. The van der Waals surface area contributed by atoms with E-state index in [2.05, 4.69) is 4.90 Å². The molecule has 5 nitrogen and oxygen atoms in total. The number of hydrogen-bond donors (Lipinski definition) is 1. The maximum atomic E-state index is 11.7. The van der Waals surface area contributed by atoms with Crippen LogP contribution in [-0.4, -0.2) is 38.4 Å². The van der Waals surface area contributed by atoms with Crippen LogP contribution in [0.3, 0.4) is 0 Å². The molecule has 2 N–H and O–H groups in total. The number of nitrogens with two attached hydrogens (primary N) is 1. The van der Waals surface area contributed by atoms with Crippen LogP contribution >= 0.6 is 0 Å². The van der Waals surface area contributed by atoms with Crippen LogP contribution in [0.1, 0.15) is 24.2 Å². The number of ether oxygens (including phenoxy) is 2. The summed E-state index contributed by atoms with van der Waals surface area (Å²) < 4.78 is 10.5. The van der Waals surface area contributed by atoms with Crippen LogP contribution in [-0.2, 0) is 9.47 Å². The quantitative estimate of drug-likeness (QED) is 0.664. The Bertz CT molecular complexity index is 462. The molecule has 1 saturated heterocycles. The topological polar surface area (TPSA) is 64.8 Å². The van der Waals surface area contributed by atoms with Gasteiger partial charge in [0.15, 0.2) is 0 Å². The van der Waals surface area contributed by atoms with Gasteiger partial charge in [0.1, 0.15) is 0 Å². The second-order valence-electron chi connectivity index (χ2n) is 4.62. The number of morpholine rings is 1. The number of hydrogen-bond acceptors (Lipinski definition) is 5. The van der Waals surface area contributed by atoms with E-state index in [9.17, 15) is 4.79 Å². The lowest BCUT2D eigenvalue weighted by molar-refractivity contribution is 0.0525. The summed E-state index contributed by atoms with van der Waals surface area (Å²) in [5, 5.41) is 0. The second-order valence-corrected chi connectivity index (χ2v) is 4.62. The minimum Gasteiger partial charge on any atom is -0.462 e. The van der Waals surface area contributed by atoms with Gasteiger partial charge in [0.2, 0.25) is 0 Å². The largest absolute Gasteiger partial charge is 0.462 e. The molecule has 5 heteroatoms. The van der Waals surface area contributed by atoms with Gasteiger partial charge in [0.05, 0.1) is 36.3 Å². The van der Waals surface area contributed by atoms with Crippen molar-refractivity contribution in [2.75, 3.05) is 36.9 Å². The molecule has 0 saturated carbocycles. The van der Waals surface area contributed by atoms with Crippen molar-refractivity contribution < 1.29 is 14.3 Å². The fourth-order valence-corrected chi connectivity index (χ4v) is 2.20. The fraction of sp³-hybridized carbons (Fsp3) is 0.500. The van der Waals surface area contributed by atoms with E-state index >= 15 is 0 Å². The van der Waals surface area contributed by atoms with E-state index in [1.54, 1.807) is 25.1 Å². The molecular formula is C14H20N2O3. The molecule has 0 aliphatic carbocycles. The van der Waals surface area contributed by atoms with E-state index in [1.165, 1.54) is 0 Å². The molecule has 1 aromatic carbocycles. The summed E-state index contributed by atoms with van der Waals surface area (Å²) in [4.78, 5) is 13.9. The Labute approximate surface area is 113 Å². The molecule has 1 heterocycles. The van der Waals surface area contributed by atoms with Gasteiger partial charge in [-0.1, -0.05) is 0 Å². The third-order valence-electron chi connectivity index (χ3n) is 3.12. The van der Waals surface area contributed by atoms with Gasteiger partial charge in [0, 0.05) is 13.1 Å². The zero-order valence-electron chi connectivity index (χ0n) is 11.4. The van der Waals surface area contributed by atoms with Crippen molar-refractivity contribution in [1.82, 2.24) is 0 Å². The van der Waals surface area contributed by atoms with Crippen molar-refractivity contribution in [3.63, 3.8) is 0 Å². The molecule has 104 valence electrons. The van der Waals surface area contributed by atoms with E-state index in [0.717, 1.165) is 18.8 Å². The Morgan fingerprint density at radius 3 is 3.05 bits per heavy atom. The van der Waals surface area contributed by atoms with Gasteiger partial charge in [-0.2, -0.15) is 0 Å². The van der Waals surface area contributed by atoms with E-state index in [4.69, 9.17) is 15.2 Å². The lowest BCUT2D eigenvalue weighted by atomic mass is 10.1. The number of carbonyl (C=O) groups excluding carboxylic acids is 1. The SMILES string of the molecule is CCOC(=O)c1ccc(N)c(N2CCOC(C)C2)c1. The third kappa shape index (κ3) is 3.17. The van der Waals surface area contributed by atoms with Gasteiger partial charge in [-0.25, -0.2) is 4.79 Å². The van der Waals surface area contributed by atoms with Gasteiger partial charge in [0.25, 0.3) is 0 Å². The first-order chi connectivity index (χ1) is 9.11. The van der Waals surface area contributed by atoms with Crippen LogP contribution < -0.4 is 10.6 Å².